The molecule has 0 spiro atoms. The maximum atomic E-state index is 13.1. The lowest BCUT2D eigenvalue weighted by molar-refractivity contribution is -0.143. The van der Waals surface area contributed by atoms with Gasteiger partial charge in [-0.3, -0.25) is 14.4 Å². The van der Waals surface area contributed by atoms with Crippen molar-refractivity contribution in [3.05, 3.63) is 0 Å². The van der Waals surface area contributed by atoms with Gasteiger partial charge in [-0.15, -0.1) is 0 Å². The van der Waals surface area contributed by atoms with Crippen LogP contribution in [-0.2, 0) is 19.2 Å². The minimum absolute atomic E-state index is 0.0698. The number of carbonyl (C=O) groups excluding carboxylic acids is 3. The van der Waals surface area contributed by atoms with Gasteiger partial charge in [0.15, 0.2) is 0 Å². The largest absolute Gasteiger partial charge is 0.480 e. The number of nitrogens with one attached hydrogen (secondary N) is 4. The van der Waals surface area contributed by atoms with Crippen molar-refractivity contribution in [1.82, 2.24) is 21.3 Å². The van der Waals surface area contributed by atoms with Crippen LogP contribution >= 0.6 is 0 Å². The van der Waals surface area contributed by atoms with Crippen molar-refractivity contribution in [2.75, 3.05) is 6.54 Å². The lowest BCUT2D eigenvalue weighted by atomic mass is 9.88. The zero-order valence-corrected chi connectivity index (χ0v) is 21.3. The third-order valence-electron chi connectivity index (χ3n) is 6.21. The summed E-state index contributed by atoms with van der Waals surface area (Å²) in [4.78, 5) is 50.4. The molecule has 1 fully saturated rings. The Morgan fingerprint density at radius 3 is 2.06 bits per heavy atom. The van der Waals surface area contributed by atoms with E-state index in [4.69, 9.17) is 0 Å². The van der Waals surface area contributed by atoms with E-state index in [2.05, 4.69) is 21.3 Å². The lowest BCUT2D eigenvalue weighted by Gasteiger charge is -2.29. The fourth-order valence-corrected chi connectivity index (χ4v) is 3.74. The highest BCUT2D eigenvalue weighted by molar-refractivity contribution is 5.94. The quantitative estimate of drug-likeness (QED) is 0.296. The summed E-state index contributed by atoms with van der Waals surface area (Å²) in [5.74, 6) is -2.69. The molecule has 3 amide bonds. The predicted molar refractivity (Wildman–Crippen MR) is 127 cm³/mol. The van der Waals surface area contributed by atoms with Gasteiger partial charge in [-0.2, -0.15) is 0 Å². The smallest absolute Gasteiger partial charge is 0.326 e. The average Bonchev–Trinajstić information content (AvgIpc) is 3.26. The molecule has 4 unspecified atom stereocenters. The van der Waals surface area contributed by atoms with E-state index in [9.17, 15) is 24.3 Å². The molecular formula is C24H44N4O5. The number of carbonyl (C=O) groups is 4. The molecule has 1 saturated heterocycles. The number of rotatable bonds is 12. The number of hydrogen-bond acceptors (Lipinski definition) is 5. The van der Waals surface area contributed by atoms with E-state index < -0.39 is 35.9 Å². The zero-order chi connectivity index (χ0) is 25.3. The molecule has 0 radical (unpaired) electrons. The Balaban J connectivity index is 2.91. The van der Waals surface area contributed by atoms with Gasteiger partial charge in [-0.05, 0) is 49.5 Å². The van der Waals surface area contributed by atoms with Crippen LogP contribution in [0.4, 0.5) is 0 Å². The van der Waals surface area contributed by atoms with Crippen LogP contribution in [0.1, 0.15) is 80.6 Å². The van der Waals surface area contributed by atoms with E-state index in [0.29, 0.717) is 19.3 Å². The highest BCUT2D eigenvalue weighted by Crippen LogP contribution is 2.22. The highest BCUT2D eigenvalue weighted by Gasteiger charge is 2.34. The maximum Gasteiger partial charge on any atom is 0.326 e. The second-order valence-corrected chi connectivity index (χ2v) is 10.7. The number of amides is 3. The predicted octanol–water partition coefficient (Wildman–Crippen LogP) is 1.81. The normalized spacial score (nSPS) is 19.9. The third-order valence-corrected chi connectivity index (χ3v) is 6.21. The Kier molecular flexibility index (Phi) is 11.3. The summed E-state index contributed by atoms with van der Waals surface area (Å²) in [5, 5.41) is 20.9. The SMILES string of the molecule is CCC(C)C(NC(=O)C(NC(=O)[C@@H]1CCCN1)C(C)C)C(=O)NC(CCC(C)(C)C)C(=O)O. The number of carboxylic acids is 1. The van der Waals surface area contributed by atoms with Crippen LogP contribution in [0.3, 0.4) is 0 Å². The van der Waals surface area contributed by atoms with Crippen LogP contribution in [0, 0.1) is 17.3 Å². The first-order chi connectivity index (χ1) is 15.3. The summed E-state index contributed by atoms with van der Waals surface area (Å²) in [6, 6.07) is -3.04. The fraction of sp³-hybridized carbons (Fsp3) is 0.833. The van der Waals surface area contributed by atoms with E-state index in [0.717, 1.165) is 19.4 Å². The van der Waals surface area contributed by atoms with Crippen molar-refractivity contribution in [2.45, 2.75) is 105 Å². The van der Waals surface area contributed by atoms with Crippen molar-refractivity contribution in [2.24, 2.45) is 17.3 Å². The van der Waals surface area contributed by atoms with Gasteiger partial charge in [-0.25, -0.2) is 4.79 Å². The molecule has 9 heteroatoms. The number of carboxylic acid groups (broad SMARTS) is 1. The van der Waals surface area contributed by atoms with Crippen LogP contribution < -0.4 is 21.3 Å². The molecule has 1 rings (SSSR count). The molecule has 0 aromatic rings. The molecule has 0 aliphatic carbocycles. The van der Waals surface area contributed by atoms with Gasteiger partial charge >= 0.3 is 5.97 Å². The molecule has 0 aromatic heterocycles. The van der Waals surface area contributed by atoms with Gasteiger partial charge in [0.25, 0.3) is 0 Å². The van der Waals surface area contributed by atoms with Crippen molar-refractivity contribution < 1.29 is 24.3 Å². The van der Waals surface area contributed by atoms with Gasteiger partial charge < -0.3 is 26.4 Å². The van der Waals surface area contributed by atoms with Gasteiger partial charge in [0.05, 0.1) is 6.04 Å². The first-order valence-electron chi connectivity index (χ1n) is 12.1. The minimum Gasteiger partial charge on any atom is -0.480 e. The molecule has 5 atom stereocenters. The van der Waals surface area contributed by atoms with Crippen molar-refractivity contribution >= 4 is 23.7 Å². The molecule has 0 saturated carbocycles. The topological polar surface area (TPSA) is 137 Å². The van der Waals surface area contributed by atoms with Crippen LogP contribution in [0.15, 0.2) is 0 Å². The maximum absolute atomic E-state index is 13.1. The third kappa shape index (κ3) is 9.70. The fourth-order valence-electron chi connectivity index (χ4n) is 3.74. The standard InChI is InChI=1S/C24H44N4O5/c1-8-15(4)19(22(31)26-17(23(32)33)11-12-24(5,6)7)28-21(30)18(14(2)3)27-20(29)16-10-9-13-25-16/h14-19,25H,8-13H2,1-7H3,(H,26,31)(H,27,29)(H,28,30)(H,32,33)/t15?,16-,17?,18?,19?/m0/s1. The van der Waals surface area contributed by atoms with Gasteiger partial charge in [0, 0.05) is 0 Å². The summed E-state index contributed by atoms with van der Waals surface area (Å²) in [5.41, 5.74) is -0.0698. The van der Waals surface area contributed by atoms with E-state index in [-0.39, 0.29) is 29.2 Å². The van der Waals surface area contributed by atoms with Crippen molar-refractivity contribution in [1.29, 1.82) is 0 Å². The highest BCUT2D eigenvalue weighted by atomic mass is 16.4. The van der Waals surface area contributed by atoms with Crippen LogP contribution in [0.2, 0.25) is 0 Å². The van der Waals surface area contributed by atoms with E-state index in [1.807, 2.05) is 48.5 Å². The molecule has 190 valence electrons. The molecule has 9 nitrogen and oxygen atoms in total. The molecule has 1 aliphatic heterocycles. The minimum atomic E-state index is -1.10. The summed E-state index contributed by atoms with van der Waals surface area (Å²) >= 11 is 0. The van der Waals surface area contributed by atoms with Crippen LogP contribution in [0.25, 0.3) is 0 Å². The molecule has 33 heavy (non-hydrogen) atoms. The van der Waals surface area contributed by atoms with E-state index >= 15 is 0 Å². The summed E-state index contributed by atoms with van der Waals surface area (Å²) in [6.45, 7) is 14.2. The Bertz CT molecular complexity index is 683. The molecular weight excluding hydrogens is 424 g/mol. The zero-order valence-electron chi connectivity index (χ0n) is 21.3. The first kappa shape index (κ1) is 28.9. The molecule has 0 bridgehead atoms. The van der Waals surface area contributed by atoms with E-state index in [1.54, 1.807) is 0 Å². The van der Waals surface area contributed by atoms with Crippen molar-refractivity contribution in [3.63, 3.8) is 0 Å². The van der Waals surface area contributed by atoms with Crippen LogP contribution in [0.5, 0.6) is 0 Å². The van der Waals surface area contributed by atoms with Crippen molar-refractivity contribution in [3.8, 4) is 0 Å². The van der Waals surface area contributed by atoms with Gasteiger partial charge in [0.2, 0.25) is 17.7 Å². The van der Waals surface area contributed by atoms with E-state index in [1.165, 1.54) is 0 Å². The Morgan fingerprint density at radius 1 is 1.00 bits per heavy atom. The first-order valence-corrected chi connectivity index (χ1v) is 12.1. The molecule has 1 heterocycles. The summed E-state index contributed by atoms with van der Waals surface area (Å²) in [7, 11) is 0. The molecule has 5 N–H and O–H groups in total. The number of aliphatic carboxylic acids is 1. The average molecular weight is 469 g/mol. The summed E-state index contributed by atoms with van der Waals surface area (Å²) < 4.78 is 0. The monoisotopic (exact) mass is 468 g/mol. The Morgan fingerprint density at radius 2 is 1.61 bits per heavy atom. The number of hydrogen-bond donors (Lipinski definition) is 5. The second kappa shape index (κ2) is 12.9. The molecule has 0 aromatic carbocycles. The van der Waals surface area contributed by atoms with Crippen LogP contribution in [-0.4, -0.2) is 59.5 Å². The Hall–Kier alpha value is -2.16. The van der Waals surface area contributed by atoms with Gasteiger partial charge in [0.1, 0.15) is 18.1 Å². The Labute approximate surface area is 198 Å². The molecule has 1 aliphatic rings. The lowest BCUT2D eigenvalue weighted by Crippen LogP contribution is -2.59. The summed E-state index contributed by atoms with van der Waals surface area (Å²) in [6.07, 6.45) is 3.17. The van der Waals surface area contributed by atoms with Gasteiger partial charge in [-0.1, -0.05) is 54.9 Å². The second-order valence-electron chi connectivity index (χ2n) is 10.7.